The van der Waals surface area contributed by atoms with Crippen molar-refractivity contribution in [2.75, 3.05) is 13.6 Å². The predicted octanol–water partition coefficient (Wildman–Crippen LogP) is 0.311. The maximum atomic E-state index is 11.6. The number of nitrogens with one attached hydrogen (secondary N) is 1. The summed E-state index contributed by atoms with van der Waals surface area (Å²) < 4.78 is 0. The molecule has 1 unspecified atom stereocenters. The summed E-state index contributed by atoms with van der Waals surface area (Å²) in [6.07, 6.45) is 0.274. The minimum atomic E-state index is -0.413. The number of amides is 2. The van der Waals surface area contributed by atoms with Crippen LogP contribution in [0.3, 0.4) is 0 Å². The number of hydrogen-bond donors (Lipinski definition) is 1. The van der Waals surface area contributed by atoms with Gasteiger partial charge in [0, 0.05) is 20.0 Å². The monoisotopic (exact) mass is 214 g/mol. The molecular formula is C10H18N2O3. The first kappa shape index (κ1) is 12.0. The van der Waals surface area contributed by atoms with Crippen LogP contribution in [0.1, 0.15) is 27.2 Å². The average Bonchev–Trinajstić information content (AvgIpc) is 2.42. The van der Waals surface area contributed by atoms with Gasteiger partial charge >= 0.3 is 0 Å². The molecule has 1 aliphatic heterocycles. The van der Waals surface area contributed by atoms with Gasteiger partial charge in [-0.15, -0.1) is 0 Å². The third-order valence-corrected chi connectivity index (χ3v) is 2.17. The summed E-state index contributed by atoms with van der Waals surface area (Å²) in [5.74, 6) is -0.501. The second kappa shape index (κ2) is 4.18. The fourth-order valence-electron chi connectivity index (χ4n) is 1.33. The minimum Gasteiger partial charge on any atom is -0.345 e. The SMILES string of the molecule is CN1CC(C(=O)NOC(C)(C)C)CC1=O. The fraction of sp³-hybridized carbons (Fsp3) is 0.800. The van der Waals surface area contributed by atoms with E-state index in [0.717, 1.165) is 0 Å². The molecule has 1 saturated heterocycles. The molecule has 5 heteroatoms. The van der Waals surface area contributed by atoms with E-state index in [0.29, 0.717) is 6.54 Å². The molecule has 0 bridgehead atoms. The lowest BCUT2D eigenvalue weighted by Crippen LogP contribution is -2.38. The number of carbonyl (C=O) groups is 2. The van der Waals surface area contributed by atoms with Crippen LogP contribution in [-0.4, -0.2) is 35.9 Å². The summed E-state index contributed by atoms with van der Waals surface area (Å²) in [6, 6.07) is 0. The van der Waals surface area contributed by atoms with E-state index < -0.39 is 5.60 Å². The van der Waals surface area contributed by atoms with E-state index in [-0.39, 0.29) is 24.2 Å². The third-order valence-electron chi connectivity index (χ3n) is 2.17. The summed E-state index contributed by atoms with van der Waals surface area (Å²) in [6.45, 7) is 6.01. The van der Waals surface area contributed by atoms with Gasteiger partial charge in [0.15, 0.2) is 0 Å². The number of carbonyl (C=O) groups excluding carboxylic acids is 2. The summed E-state index contributed by atoms with van der Waals surface area (Å²) in [5, 5.41) is 0. The lowest BCUT2D eigenvalue weighted by Gasteiger charge is -2.20. The molecule has 15 heavy (non-hydrogen) atoms. The molecule has 1 heterocycles. The van der Waals surface area contributed by atoms with Crippen LogP contribution in [0.25, 0.3) is 0 Å². The quantitative estimate of drug-likeness (QED) is 0.673. The topological polar surface area (TPSA) is 58.6 Å². The van der Waals surface area contributed by atoms with Crippen molar-refractivity contribution in [1.29, 1.82) is 0 Å². The van der Waals surface area contributed by atoms with Crippen LogP contribution < -0.4 is 5.48 Å². The van der Waals surface area contributed by atoms with Crippen LogP contribution in [0.5, 0.6) is 0 Å². The number of hydrogen-bond acceptors (Lipinski definition) is 3. The molecule has 1 atom stereocenters. The molecule has 0 saturated carbocycles. The molecule has 0 aromatic rings. The van der Waals surface area contributed by atoms with Crippen molar-refractivity contribution in [3.63, 3.8) is 0 Å². The number of nitrogens with zero attached hydrogens (tertiary/aromatic N) is 1. The zero-order chi connectivity index (χ0) is 11.6. The molecular weight excluding hydrogens is 196 g/mol. The van der Waals surface area contributed by atoms with Gasteiger partial charge < -0.3 is 4.90 Å². The molecule has 0 aliphatic carbocycles. The first-order valence-corrected chi connectivity index (χ1v) is 5.01. The number of rotatable bonds is 2. The summed E-state index contributed by atoms with van der Waals surface area (Å²) in [5.41, 5.74) is 1.98. The third kappa shape index (κ3) is 3.51. The summed E-state index contributed by atoms with van der Waals surface area (Å²) in [7, 11) is 1.69. The molecule has 0 aromatic heterocycles. The van der Waals surface area contributed by atoms with Crippen LogP contribution in [-0.2, 0) is 14.4 Å². The van der Waals surface area contributed by atoms with Crippen LogP contribution in [0.4, 0.5) is 0 Å². The summed E-state index contributed by atoms with van der Waals surface area (Å²) in [4.78, 5) is 29.5. The molecule has 0 spiro atoms. The normalized spacial score (nSPS) is 22.0. The van der Waals surface area contributed by atoms with Gasteiger partial charge in [-0.2, -0.15) is 0 Å². The van der Waals surface area contributed by atoms with Crippen molar-refractivity contribution in [2.45, 2.75) is 32.8 Å². The van der Waals surface area contributed by atoms with Crippen molar-refractivity contribution in [1.82, 2.24) is 10.4 Å². The second-order valence-electron chi connectivity index (χ2n) is 4.86. The Kier molecular flexibility index (Phi) is 3.34. The van der Waals surface area contributed by atoms with E-state index in [1.54, 1.807) is 11.9 Å². The molecule has 2 amide bonds. The lowest BCUT2D eigenvalue weighted by molar-refractivity contribution is -0.149. The van der Waals surface area contributed by atoms with Gasteiger partial charge in [0.2, 0.25) is 11.8 Å². The molecule has 1 fully saturated rings. The van der Waals surface area contributed by atoms with Gasteiger partial charge in [-0.25, -0.2) is 5.48 Å². The van der Waals surface area contributed by atoms with Crippen molar-refractivity contribution < 1.29 is 14.4 Å². The molecule has 5 nitrogen and oxygen atoms in total. The first-order chi connectivity index (χ1) is 6.79. The number of likely N-dealkylation sites (tertiary alicyclic amines) is 1. The molecule has 1 N–H and O–H groups in total. The van der Waals surface area contributed by atoms with E-state index in [4.69, 9.17) is 4.84 Å². The van der Waals surface area contributed by atoms with Crippen LogP contribution >= 0.6 is 0 Å². The van der Waals surface area contributed by atoms with Gasteiger partial charge in [0.05, 0.1) is 11.5 Å². The average molecular weight is 214 g/mol. The van der Waals surface area contributed by atoms with E-state index in [1.165, 1.54) is 0 Å². The molecule has 0 radical (unpaired) electrons. The number of hydroxylamine groups is 1. The first-order valence-electron chi connectivity index (χ1n) is 5.01. The maximum Gasteiger partial charge on any atom is 0.248 e. The van der Waals surface area contributed by atoms with Gasteiger partial charge in [0.1, 0.15) is 0 Å². The molecule has 86 valence electrons. The fourth-order valence-corrected chi connectivity index (χ4v) is 1.33. The molecule has 1 rings (SSSR count). The highest BCUT2D eigenvalue weighted by Gasteiger charge is 2.32. The van der Waals surface area contributed by atoms with E-state index in [2.05, 4.69) is 5.48 Å². The van der Waals surface area contributed by atoms with E-state index in [1.807, 2.05) is 20.8 Å². The molecule has 1 aliphatic rings. The van der Waals surface area contributed by atoms with Crippen LogP contribution in [0.2, 0.25) is 0 Å². The smallest absolute Gasteiger partial charge is 0.248 e. The van der Waals surface area contributed by atoms with Gasteiger partial charge in [0.25, 0.3) is 0 Å². The largest absolute Gasteiger partial charge is 0.345 e. The van der Waals surface area contributed by atoms with Crippen molar-refractivity contribution in [3.05, 3.63) is 0 Å². The molecule has 0 aromatic carbocycles. The van der Waals surface area contributed by atoms with Gasteiger partial charge in [-0.05, 0) is 20.8 Å². The Morgan fingerprint density at radius 2 is 2.13 bits per heavy atom. The van der Waals surface area contributed by atoms with Crippen molar-refractivity contribution in [2.24, 2.45) is 5.92 Å². The van der Waals surface area contributed by atoms with Crippen molar-refractivity contribution in [3.8, 4) is 0 Å². The van der Waals surface area contributed by atoms with E-state index >= 15 is 0 Å². The standard InChI is InChI=1S/C10H18N2O3/c1-10(2,3)15-11-9(14)7-5-8(13)12(4)6-7/h7H,5-6H2,1-4H3,(H,11,14). The zero-order valence-corrected chi connectivity index (χ0v) is 9.66. The van der Waals surface area contributed by atoms with Gasteiger partial charge in [-0.3, -0.25) is 14.4 Å². The Morgan fingerprint density at radius 1 is 1.53 bits per heavy atom. The highest BCUT2D eigenvalue weighted by Crippen LogP contribution is 2.16. The Balaban J connectivity index is 2.39. The minimum absolute atomic E-state index is 0.00547. The summed E-state index contributed by atoms with van der Waals surface area (Å²) >= 11 is 0. The Bertz CT molecular complexity index is 270. The second-order valence-corrected chi connectivity index (χ2v) is 4.86. The predicted molar refractivity (Wildman–Crippen MR) is 54.7 cm³/mol. The zero-order valence-electron chi connectivity index (χ0n) is 9.66. The Hall–Kier alpha value is -1.10. The highest BCUT2D eigenvalue weighted by molar-refractivity contribution is 5.88. The Labute approximate surface area is 89.7 Å². The maximum absolute atomic E-state index is 11.6. The Morgan fingerprint density at radius 3 is 2.53 bits per heavy atom. The van der Waals surface area contributed by atoms with Crippen LogP contribution in [0, 0.1) is 5.92 Å². The lowest BCUT2D eigenvalue weighted by atomic mass is 10.1. The van der Waals surface area contributed by atoms with Crippen molar-refractivity contribution >= 4 is 11.8 Å². The van der Waals surface area contributed by atoms with E-state index in [9.17, 15) is 9.59 Å². The van der Waals surface area contributed by atoms with Crippen LogP contribution in [0.15, 0.2) is 0 Å². The van der Waals surface area contributed by atoms with Gasteiger partial charge in [-0.1, -0.05) is 0 Å². The highest BCUT2D eigenvalue weighted by atomic mass is 16.7.